The number of rotatable bonds is 5. The summed E-state index contributed by atoms with van der Waals surface area (Å²) in [5.41, 5.74) is 1.86. The monoisotopic (exact) mass is 267 g/mol. The summed E-state index contributed by atoms with van der Waals surface area (Å²) >= 11 is 5.69. The number of aromatic nitrogens is 3. The zero-order valence-electron chi connectivity index (χ0n) is 10.4. The molecular formula is C12H14ClN3O2. The van der Waals surface area contributed by atoms with Crippen molar-refractivity contribution in [1.29, 1.82) is 0 Å². The molecule has 0 amide bonds. The van der Waals surface area contributed by atoms with Crippen LogP contribution in [-0.4, -0.2) is 15.3 Å². The zero-order valence-corrected chi connectivity index (χ0v) is 11.1. The summed E-state index contributed by atoms with van der Waals surface area (Å²) in [7, 11) is 0. The lowest BCUT2D eigenvalue weighted by molar-refractivity contribution is 0.374. The summed E-state index contributed by atoms with van der Waals surface area (Å²) in [6.45, 7) is 7.38. The van der Waals surface area contributed by atoms with E-state index in [-0.39, 0.29) is 0 Å². The van der Waals surface area contributed by atoms with Gasteiger partial charge in [-0.15, -0.1) is 0 Å². The molecule has 0 aliphatic carbocycles. The van der Waals surface area contributed by atoms with E-state index in [4.69, 9.17) is 20.6 Å². The van der Waals surface area contributed by atoms with E-state index < -0.39 is 0 Å². The Morgan fingerprint density at radius 2 is 2.06 bits per heavy atom. The van der Waals surface area contributed by atoms with Gasteiger partial charge in [0.25, 0.3) is 0 Å². The van der Waals surface area contributed by atoms with Crippen LogP contribution in [0.3, 0.4) is 0 Å². The molecule has 0 N–H and O–H groups in total. The van der Waals surface area contributed by atoms with Gasteiger partial charge in [-0.05, 0) is 20.3 Å². The minimum atomic E-state index is 0.562. The van der Waals surface area contributed by atoms with Gasteiger partial charge in [-0.3, -0.25) is 0 Å². The lowest BCUT2D eigenvalue weighted by Gasteiger charge is -1.93. The van der Waals surface area contributed by atoms with Gasteiger partial charge in [0.2, 0.25) is 5.89 Å². The van der Waals surface area contributed by atoms with Crippen molar-refractivity contribution in [2.75, 3.05) is 0 Å². The van der Waals surface area contributed by atoms with Crippen molar-refractivity contribution < 1.29 is 9.05 Å². The zero-order chi connectivity index (χ0) is 13.1. The summed E-state index contributed by atoms with van der Waals surface area (Å²) < 4.78 is 10.2. The molecule has 0 fully saturated rings. The highest BCUT2D eigenvalue weighted by Crippen LogP contribution is 2.16. The summed E-state index contributed by atoms with van der Waals surface area (Å²) in [4.78, 5) is 4.29. The Labute approximate surface area is 110 Å². The maximum Gasteiger partial charge on any atom is 0.227 e. The van der Waals surface area contributed by atoms with Gasteiger partial charge in [-0.25, -0.2) is 0 Å². The Kier molecular flexibility index (Phi) is 3.81. The fraction of sp³-hybridized carbons (Fsp3) is 0.417. The number of nitrogens with zero attached hydrogens (tertiary/aromatic N) is 3. The smallest absolute Gasteiger partial charge is 0.227 e. The van der Waals surface area contributed by atoms with Gasteiger partial charge in [0.15, 0.2) is 5.82 Å². The molecule has 0 atom stereocenters. The van der Waals surface area contributed by atoms with Gasteiger partial charge < -0.3 is 9.05 Å². The molecule has 0 bridgehead atoms. The Hall–Kier alpha value is -1.62. The maximum absolute atomic E-state index is 5.69. The third kappa shape index (κ3) is 2.98. The van der Waals surface area contributed by atoms with Crippen LogP contribution in [0, 0.1) is 13.8 Å². The molecule has 0 unspecified atom stereocenters. The van der Waals surface area contributed by atoms with Crippen molar-refractivity contribution in [3.8, 4) is 0 Å². The fourth-order valence-electron chi connectivity index (χ4n) is 1.62. The summed E-state index contributed by atoms with van der Waals surface area (Å²) in [5, 5.41) is 8.40. The van der Waals surface area contributed by atoms with Gasteiger partial charge >= 0.3 is 0 Å². The molecule has 2 aromatic heterocycles. The normalized spacial score (nSPS) is 10.8. The van der Waals surface area contributed by atoms with Gasteiger partial charge in [0.05, 0.1) is 5.69 Å². The van der Waals surface area contributed by atoms with Gasteiger partial charge in [0.1, 0.15) is 5.76 Å². The van der Waals surface area contributed by atoms with E-state index in [1.165, 1.54) is 0 Å². The van der Waals surface area contributed by atoms with E-state index in [0.717, 1.165) is 17.0 Å². The first-order chi connectivity index (χ1) is 8.56. The number of hydrogen-bond acceptors (Lipinski definition) is 5. The highest BCUT2D eigenvalue weighted by atomic mass is 35.5. The number of aryl methyl sites for hydroxylation is 3. The van der Waals surface area contributed by atoms with E-state index in [1.807, 2.05) is 13.8 Å². The van der Waals surface area contributed by atoms with Gasteiger partial charge in [-0.1, -0.05) is 28.5 Å². The molecule has 2 heterocycles. The number of halogens is 1. The van der Waals surface area contributed by atoms with Crippen molar-refractivity contribution in [3.05, 3.63) is 40.3 Å². The number of hydrogen-bond donors (Lipinski definition) is 0. The quantitative estimate of drug-likeness (QED) is 0.833. The van der Waals surface area contributed by atoms with E-state index in [2.05, 4.69) is 21.9 Å². The second-order valence-corrected chi connectivity index (χ2v) is 4.64. The molecule has 0 radical (unpaired) electrons. The second-order valence-electron chi connectivity index (χ2n) is 4.10. The minimum Gasteiger partial charge on any atom is -0.361 e. The van der Waals surface area contributed by atoms with Crippen LogP contribution < -0.4 is 0 Å². The third-order valence-electron chi connectivity index (χ3n) is 2.64. The van der Waals surface area contributed by atoms with Crippen molar-refractivity contribution >= 4 is 11.6 Å². The highest BCUT2D eigenvalue weighted by molar-refractivity contribution is 6.29. The average Bonchev–Trinajstić information content (AvgIpc) is 2.88. The van der Waals surface area contributed by atoms with Crippen molar-refractivity contribution in [2.45, 2.75) is 33.1 Å². The SMILES string of the molecule is C=C(Cl)CCc1nc(Cc2c(C)noc2C)no1. The molecule has 0 aliphatic heterocycles. The Balaban J connectivity index is 2.05. The second kappa shape index (κ2) is 5.35. The number of allylic oxidation sites excluding steroid dienone is 1. The lowest BCUT2D eigenvalue weighted by Crippen LogP contribution is -1.94. The molecule has 5 nitrogen and oxygen atoms in total. The van der Waals surface area contributed by atoms with Crippen LogP contribution in [0.1, 0.15) is 35.2 Å². The lowest BCUT2D eigenvalue weighted by atomic mass is 10.1. The molecule has 0 aliphatic rings. The van der Waals surface area contributed by atoms with Crippen molar-refractivity contribution in [2.24, 2.45) is 0 Å². The predicted octanol–water partition coefficient (Wildman–Crippen LogP) is 2.95. The summed E-state index contributed by atoms with van der Waals surface area (Å²) in [5.74, 6) is 1.98. The molecule has 2 rings (SSSR count). The topological polar surface area (TPSA) is 65.0 Å². The summed E-state index contributed by atoms with van der Waals surface area (Å²) in [6, 6.07) is 0. The molecule has 96 valence electrons. The Morgan fingerprint density at radius 1 is 1.28 bits per heavy atom. The van der Waals surface area contributed by atoms with E-state index in [1.54, 1.807) is 0 Å². The van der Waals surface area contributed by atoms with Crippen LogP contribution in [0.5, 0.6) is 0 Å². The first-order valence-corrected chi connectivity index (χ1v) is 6.00. The van der Waals surface area contributed by atoms with Crippen LogP contribution in [0.4, 0.5) is 0 Å². The van der Waals surface area contributed by atoms with Crippen LogP contribution in [0.25, 0.3) is 0 Å². The third-order valence-corrected chi connectivity index (χ3v) is 2.83. The fourth-order valence-corrected chi connectivity index (χ4v) is 1.71. The molecular weight excluding hydrogens is 254 g/mol. The molecule has 18 heavy (non-hydrogen) atoms. The van der Waals surface area contributed by atoms with Crippen molar-refractivity contribution in [3.63, 3.8) is 0 Å². The van der Waals surface area contributed by atoms with E-state index in [0.29, 0.717) is 36.0 Å². The van der Waals surface area contributed by atoms with Crippen LogP contribution in [0.15, 0.2) is 20.7 Å². The van der Waals surface area contributed by atoms with Crippen molar-refractivity contribution in [1.82, 2.24) is 15.3 Å². The first kappa shape index (κ1) is 12.8. The highest BCUT2D eigenvalue weighted by Gasteiger charge is 2.13. The van der Waals surface area contributed by atoms with E-state index >= 15 is 0 Å². The molecule has 6 heteroatoms. The molecule has 0 aromatic carbocycles. The Bertz CT molecular complexity index is 540. The van der Waals surface area contributed by atoms with Crippen LogP contribution in [-0.2, 0) is 12.8 Å². The van der Waals surface area contributed by atoms with Crippen LogP contribution >= 0.6 is 11.6 Å². The van der Waals surface area contributed by atoms with Crippen LogP contribution in [0.2, 0.25) is 0 Å². The van der Waals surface area contributed by atoms with E-state index in [9.17, 15) is 0 Å². The predicted molar refractivity (Wildman–Crippen MR) is 66.4 cm³/mol. The first-order valence-electron chi connectivity index (χ1n) is 5.62. The molecule has 0 saturated carbocycles. The van der Waals surface area contributed by atoms with Gasteiger partial charge in [-0.2, -0.15) is 4.98 Å². The van der Waals surface area contributed by atoms with Gasteiger partial charge in [0, 0.05) is 23.4 Å². The molecule has 0 saturated heterocycles. The maximum atomic E-state index is 5.69. The average molecular weight is 268 g/mol. The summed E-state index contributed by atoms with van der Waals surface area (Å²) in [6.07, 6.45) is 1.80. The largest absolute Gasteiger partial charge is 0.361 e. The molecule has 0 spiro atoms. The Morgan fingerprint density at radius 3 is 2.67 bits per heavy atom. The standard InChI is InChI=1S/C12H14ClN3O2/c1-7(13)4-5-12-14-11(16-18-12)6-10-8(2)15-17-9(10)3/h1,4-6H2,2-3H3. The molecule has 2 aromatic rings. The minimum absolute atomic E-state index is 0.562.